The second-order valence-electron chi connectivity index (χ2n) is 3.66. The number of aromatic nitrogens is 2. The number of halogens is 2. The first kappa shape index (κ1) is 12.3. The van der Waals surface area contributed by atoms with E-state index in [1.165, 1.54) is 16.7 Å². The number of carboxylic acid groups (broad SMARTS) is 1. The molecule has 2 rings (SSSR count). The van der Waals surface area contributed by atoms with E-state index in [0.717, 1.165) is 0 Å². The summed E-state index contributed by atoms with van der Waals surface area (Å²) in [6, 6.07) is 4.38. The van der Waals surface area contributed by atoms with Crippen LogP contribution in [0.5, 0.6) is 6.01 Å². The molecule has 7 heteroatoms. The molecule has 1 N–H and O–H groups in total. The predicted molar refractivity (Wildman–Crippen MR) is 59.2 cm³/mol. The lowest BCUT2D eigenvalue weighted by Crippen LogP contribution is -2.09. The SMILES string of the molecule is Cn1c(OCC(F)F)nc2cc(C(=O)O)ccc21. The Morgan fingerprint density at radius 2 is 2.28 bits per heavy atom. The third-order valence-corrected chi connectivity index (χ3v) is 2.43. The summed E-state index contributed by atoms with van der Waals surface area (Å²) < 4.78 is 30.4. The molecule has 0 aliphatic carbocycles. The van der Waals surface area contributed by atoms with Gasteiger partial charge in [-0.25, -0.2) is 13.6 Å². The molecule has 0 spiro atoms. The summed E-state index contributed by atoms with van der Waals surface area (Å²) in [6.45, 7) is -0.747. The standard InChI is InChI=1S/C11H10F2N2O3/c1-15-8-3-2-6(10(16)17)4-7(8)14-11(15)18-5-9(12)13/h2-4,9H,5H2,1H3,(H,16,17). The molecule has 2 aromatic rings. The maximum Gasteiger partial charge on any atom is 0.335 e. The average Bonchev–Trinajstić information content (AvgIpc) is 2.63. The minimum absolute atomic E-state index is 0.0350. The van der Waals surface area contributed by atoms with Crippen LogP contribution in [0.4, 0.5) is 8.78 Å². The molecule has 18 heavy (non-hydrogen) atoms. The summed E-state index contributed by atoms with van der Waals surface area (Å²) in [5, 5.41) is 8.83. The van der Waals surface area contributed by atoms with Gasteiger partial charge in [0, 0.05) is 7.05 Å². The van der Waals surface area contributed by atoms with Crippen molar-refractivity contribution in [3.05, 3.63) is 23.8 Å². The highest BCUT2D eigenvalue weighted by molar-refractivity contribution is 5.92. The summed E-state index contributed by atoms with van der Waals surface area (Å²) in [4.78, 5) is 14.8. The highest BCUT2D eigenvalue weighted by Gasteiger charge is 2.13. The highest BCUT2D eigenvalue weighted by Crippen LogP contribution is 2.21. The number of rotatable bonds is 4. The fraction of sp³-hybridized carbons (Fsp3) is 0.273. The van der Waals surface area contributed by atoms with Gasteiger partial charge >= 0.3 is 5.97 Å². The van der Waals surface area contributed by atoms with Crippen LogP contribution in [0.1, 0.15) is 10.4 Å². The van der Waals surface area contributed by atoms with Gasteiger partial charge in [0.15, 0.2) is 6.61 Å². The summed E-state index contributed by atoms with van der Waals surface area (Å²) >= 11 is 0. The molecule has 1 aromatic heterocycles. The predicted octanol–water partition coefficient (Wildman–Crippen LogP) is 1.92. The Hall–Kier alpha value is -2.18. The van der Waals surface area contributed by atoms with E-state index in [1.54, 1.807) is 13.1 Å². The van der Waals surface area contributed by atoms with Crippen LogP contribution in [0, 0.1) is 0 Å². The maximum atomic E-state index is 12.0. The van der Waals surface area contributed by atoms with Crippen molar-refractivity contribution in [3.8, 4) is 6.01 Å². The Bertz CT molecular complexity index is 595. The van der Waals surface area contributed by atoms with Gasteiger partial charge in [0.25, 0.3) is 12.4 Å². The molecule has 0 fully saturated rings. The number of hydrogen-bond donors (Lipinski definition) is 1. The van der Waals surface area contributed by atoms with Crippen molar-refractivity contribution in [1.82, 2.24) is 9.55 Å². The normalized spacial score (nSPS) is 11.1. The minimum Gasteiger partial charge on any atom is -0.478 e. The molecule has 0 atom stereocenters. The van der Waals surface area contributed by atoms with Crippen molar-refractivity contribution in [1.29, 1.82) is 0 Å². The molecule has 96 valence electrons. The van der Waals surface area contributed by atoms with Gasteiger partial charge in [0.1, 0.15) is 0 Å². The molecule has 0 saturated heterocycles. The van der Waals surface area contributed by atoms with Crippen LogP contribution in [0.2, 0.25) is 0 Å². The van der Waals surface area contributed by atoms with E-state index >= 15 is 0 Å². The lowest BCUT2D eigenvalue weighted by molar-refractivity contribution is 0.0697. The fourth-order valence-electron chi connectivity index (χ4n) is 1.58. The zero-order valence-corrected chi connectivity index (χ0v) is 9.43. The molecule has 0 aliphatic rings. The Morgan fingerprint density at radius 1 is 1.56 bits per heavy atom. The van der Waals surface area contributed by atoms with Crippen molar-refractivity contribution < 1.29 is 23.4 Å². The number of hydrogen-bond acceptors (Lipinski definition) is 3. The number of benzene rings is 1. The van der Waals surface area contributed by atoms with Crippen LogP contribution in [0.15, 0.2) is 18.2 Å². The van der Waals surface area contributed by atoms with E-state index < -0.39 is 19.0 Å². The quantitative estimate of drug-likeness (QED) is 0.907. The van der Waals surface area contributed by atoms with E-state index in [1.807, 2.05) is 0 Å². The molecule has 1 heterocycles. The second-order valence-corrected chi connectivity index (χ2v) is 3.66. The maximum absolute atomic E-state index is 12.0. The van der Waals surface area contributed by atoms with Crippen LogP contribution in [0.25, 0.3) is 11.0 Å². The molecule has 0 bridgehead atoms. The van der Waals surface area contributed by atoms with Gasteiger partial charge in [-0.3, -0.25) is 4.57 Å². The summed E-state index contributed by atoms with van der Waals surface area (Å²) in [7, 11) is 1.61. The van der Waals surface area contributed by atoms with Crippen LogP contribution in [-0.2, 0) is 7.05 Å². The third kappa shape index (κ3) is 2.24. The van der Waals surface area contributed by atoms with Crippen molar-refractivity contribution >= 4 is 17.0 Å². The summed E-state index contributed by atoms with van der Waals surface area (Å²) in [5.74, 6) is -1.07. The Balaban J connectivity index is 2.39. The molecule has 0 aliphatic heterocycles. The van der Waals surface area contributed by atoms with E-state index in [9.17, 15) is 13.6 Å². The lowest BCUT2D eigenvalue weighted by Gasteiger charge is -2.04. The Kier molecular flexibility index (Phi) is 3.14. The second kappa shape index (κ2) is 4.59. The number of nitrogens with zero attached hydrogens (tertiary/aromatic N) is 2. The molecule has 0 unspecified atom stereocenters. The van der Waals surface area contributed by atoms with Gasteiger partial charge in [-0.2, -0.15) is 4.98 Å². The average molecular weight is 256 g/mol. The smallest absolute Gasteiger partial charge is 0.335 e. The lowest BCUT2D eigenvalue weighted by atomic mass is 10.2. The van der Waals surface area contributed by atoms with Crippen molar-refractivity contribution in [3.63, 3.8) is 0 Å². The van der Waals surface area contributed by atoms with Crippen LogP contribution in [0.3, 0.4) is 0 Å². The molecule has 5 nitrogen and oxygen atoms in total. The van der Waals surface area contributed by atoms with E-state index in [-0.39, 0.29) is 11.6 Å². The summed E-state index contributed by atoms with van der Waals surface area (Å²) in [5.41, 5.74) is 1.09. The highest BCUT2D eigenvalue weighted by atomic mass is 19.3. The largest absolute Gasteiger partial charge is 0.478 e. The number of fused-ring (bicyclic) bond motifs is 1. The van der Waals surface area contributed by atoms with Crippen LogP contribution >= 0.6 is 0 Å². The van der Waals surface area contributed by atoms with Crippen molar-refractivity contribution in [2.75, 3.05) is 6.61 Å². The number of carboxylic acids is 1. The van der Waals surface area contributed by atoms with E-state index in [2.05, 4.69) is 4.98 Å². The zero-order chi connectivity index (χ0) is 13.3. The molecular weight excluding hydrogens is 246 g/mol. The van der Waals surface area contributed by atoms with Crippen LogP contribution in [-0.4, -0.2) is 33.7 Å². The third-order valence-electron chi connectivity index (χ3n) is 2.43. The first-order valence-corrected chi connectivity index (χ1v) is 5.09. The van der Waals surface area contributed by atoms with E-state index in [0.29, 0.717) is 11.0 Å². The van der Waals surface area contributed by atoms with Crippen LogP contribution < -0.4 is 4.74 Å². The molecule has 0 saturated carbocycles. The van der Waals surface area contributed by atoms with Gasteiger partial charge in [-0.15, -0.1) is 0 Å². The van der Waals surface area contributed by atoms with Crippen molar-refractivity contribution in [2.45, 2.75) is 6.43 Å². The molecule has 0 amide bonds. The monoisotopic (exact) mass is 256 g/mol. The van der Waals surface area contributed by atoms with Gasteiger partial charge in [0.2, 0.25) is 0 Å². The molecule has 1 aromatic carbocycles. The Morgan fingerprint density at radius 3 is 2.89 bits per heavy atom. The topological polar surface area (TPSA) is 64.4 Å². The number of ether oxygens (including phenoxy) is 1. The fourth-order valence-corrected chi connectivity index (χ4v) is 1.58. The number of aromatic carboxylic acids is 1. The number of alkyl halides is 2. The van der Waals surface area contributed by atoms with Gasteiger partial charge in [0.05, 0.1) is 16.6 Å². The Labute approximate surface area is 101 Å². The number of carbonyl (C=O) groups is 1. The van der Waals surface area contributed by atoms with Gasteiger partial charge in [-0.1, -0.05) is 0 Å². The number of aryl methyl sites for hydroxylation is 1. The van der Waals surface area contributed by atoms with Gasteiger partial charge in [-0.05, 0) is 18.2 Å². The minimum atomic E-state index is -2.58. The molecular formula is C11H10F2N2O3. The first-order valence-electron chi connectivity index (χ1n) is 5.09. The van der Waals surface area contributed by atoms with Crippen molar-refractivity contribution in [2.24, 2.45) is 7.05 Å². The summed E-state index contributed by atoms with van der Waals surface area (Å²) in [6.07, 6.45) is -2.58. The number of imidazole rings is 1. The van der Waals surface area contributed by atoms with Gasteiger partial charge < -0.3 is 9.84 Å². The van der Waals surface area contributed by atoms with E-state index in [4.69, 9.17) is 9.84 Å². The molecule has 0 radical (unpaired) electrons. The first-order chi connectivity index (χ1) is 8.49. The zero-order valence-electron chi connectivity index (χ0n) is 9.43.